The van der Waals surface area contributed by atoms with Crippen molar-refractivity contribution in [3.05, 3.63) is 34.9 Å². The molecule has 7 heteroatoms. The number of carbonyl (C=O) groups is 3. The summed E-state index contributed by atoms with van der Waals surface area (Å²) in [5, 5.41) is 2.98. The van der Waals surface area contributed by atoms with Gasteiger partial charge in [0.1, 0.15) is 0 Å². The molecule has 1 aliphatic rings. The van der Waals surface area contributed by atoms with Crippen LogP contribution in [0.15, 0.2) is 24.3 Å². The largest absolute Gasteiger partial charge is 0.346 e. The number of piperidine rings is 1. The van der Waals surface area contributed by atoms with Gasteiger partial charge < -0.3 is 15.1 Å². The second-order valence-corrected chi connectivity index (χ2v) is 7.34. The fourth-order valence-corrected chi connectivity index (χ4v) is 3.42. The molecule has 1 aromatic carbocycles. The molecule has 2 rings (SSSR count). The van der Waals surface area contributed by atoms with Crippen LogP contribution in [0, 0.1) is 5.92 Å². The van der Waals surface area contributed by atoms with Crippen LogP contribution in [0.2, 0.25) is 5.02 Å². The predicted octanol–water partition coefficient (Wildman–Crippen LogP) is 2.57. The van der Waals surface area contributed by atoms with Crippen molar-refractivity contribution in [1.82, 2.24) is 15.1 Å². The summed E-state index contributed by atoms with van der Waals surface area (Å²) in [6, 6.07) is 6.73. The molecule has 1 heterocycles. The average Bonchev–Trinajstić information content (AvgIpc) is 2.69. The lowest BCUT2D eigenvalue weighted by Crippen LogP contribution is -2.46. The minimum absolute atomic E-state index is 0.0198. The first-order chi connectivity index (χ1) is 12.9. The van der Waals surface area contributed by atoms with Gasteiger partial charge in [0.15, 0.2) is 0 Å². The van der Waals surface area contributed by atoms with E-state index in [0.29, 0.717) is 36.5 Å². The molecular weight excluding hydrogens is 366 g/mol. The van der Waals surface area contributed by atoms with E-state index in [1.807, 2.05) is 7.05 Å². The van der Waals surface area contributed by atoms with Crippen LogP contribution >= 0.6 is 11.6 Å². The molecule has 0 bridgehead atoms. The Morgan fingerprint density at radius 3 is 2.52 bits per heavy atom. The van der Waals surface area contributed by atoms with E-state index in [1.54, 1.807) is 34.1 Å². The molecule has 1 fully saturated rings. The summed E-state index contributed by atoms with van der Waals surface area (Å²) in [6.45, 7) is 3.90. The van der Waals surface area contributed by atoms with E-state index in [9.17, 15) is 14.4 Å². The maximum Gasteiger partial charge on any atom is 0.253 e. The maximum absolute atomic E-state index is 12.4. The van der Waals surface area contributed by atoms with Crippen molar-refractivity contribution in [2.75, 3.05) is 33.2 Å². The first-order valence-electron chi connectivity index (χ1n) is 9.49. The lowest BCUT2D eigenvalue weighted by Gasteiger charge is -2.33. The van der Waals surface area contributed by atoms with E-state index in [2.05, 4.69) is 12.2 Å². The zero-order valence-electron chi connectivity index (χ0n) is 16.0. The molecule has 0 radical (unpaired) electrons. The zero-order chi connectivity index (χ0) is 19.8. The molecule has 0 aliphatic carbocycles. The van der Waals surface area contributed by atoms with E-state index in [-0.39, 0.29) is 30.2 Å². The van der Waals surface area contributed by atoms with Gasteiger partial charge in [0, 0.05) is 32.6 Å². The molecule has 1 N–H and O–H groups in total. The lowest BCUT2D eigenvalue weighted by atomic mass is 9.95. The first kappa shape index (κ1) is 21.2. The fraction of sp³-hybridized carbons (Fsp3) is 0.550. The molecule has 0 spiro atoms. The Morgan fingerprint density at radius 2 is 1.89 bits per heavy atom. The van der Waals surface area contributed by atoms with Gasteiger partial charge in [-0.1, -0.05) is 37.1 Å². The number of rotatable bonds is 7. The first-order valence-corrected chi connectivity index (χ1v) is 9.87. The number of carbonyl (C=O) groups excluding carboxylic acids is 3. The summed E-state index contributed by atoms with van der Waals surface area (Å²) in [7, 11) is 1.85. The molecule has 1 aliphatic heterocycles. The summed E-state index contributed by atoms with van der Waals surface area (Å²) in [5.41, 5.74) is 0.353. The summed E-state index contributed by atoms with van der Waals surface area (Å²) < 4.78 is 0. The fourth-order valence-electron chi connectivity index (χ4n) is 3.20. The highest BCUT2D eigenvalue weighted by Crippen LogP contribution is 2.20. The summed E-state index contributed by atoms with van der Waals surface area (Å²) in [4.78, 5) is 40.4. The number of benzene rings is 1. The highest BCUT2D eigenvalue weighted by molar-refractivity contribution is 6.33. The number of halogens is 1. The molecule has 3 amide bonds. The predicted molar refractivity (Wildman–Crippen MR) is 106 cm³/mol. The number of hydrogen-bond donors (Lipinski definition) is 1. The second kappa shape index (κ2) is 10.3. The minimum atomic E-state index is -0.364. The molecule has 0 saturated carbocycles. The number of hydrogen-bond acceptors (Lipinski definition) is 3. The molecule has 1 saturated heterocycles. The minimum Gasteiger partial charge on any atom is -0.346 e. The van der Waals surface area contributed by atoms with E-state index >= 15 is 0 Å². The quantitative estimate of drug-likeness (QED) is 0.774. The van der Waals surface area contributed by atoms with Crippen molar-refractivity contribution in [2.45, 2.75) is 32.6 Å². The summed E-state index contributed by atoms with van der Waals surface area (Å²) in [6.07, 6.45) is 3.40. The Labute approximate surface area is 165 Å². The van der Waals surface area contributed by atoms with Gasteiger partial charge in [-0.25, -0.2) is 0 Å². The number of nitrogens with one attached hydrogen (secondary N) is 1. The third-order valence-electron chi connectivity index (χ3n) is 4.94. The van der Waals surface area contributed by atoms with E-state index in [0.717, 1.165) is 19.4 Å². The molecule has 0 atom stereocenters. The van der Waals surface area contributed by atoms with Gasteiger partial charge in [-0.05, 0) is 31.4 Å². The third-order valence-corrected chi connectivity index (χ3v) is 5.27. The maximum atomic E-state index is 12.4. The Bertz CT molecular complexity index is 672. The Balaban J connectivity index is 1.77. The Kier molecular flexibility index (Phi) is 8.10. The average molecular weight is 394 g/mol. The smallest absolute Gasteiger partial charge is 0.253 e. The van der Waals surface area contributed by atoms with Crippen LogP contribution in [-0.4, -0.2) is 60.7 Å². The van der Waals surface area contributed by atoms with Crippen LogP contribution in [0.25, 0.3) is 0 Å². The number of unbranched alkanes of at least 4 members (excludes halogenated alkanes) is 1. The van der Waals surface area contributed by atoms with E-state index in [4.69, 9.17) is 11.6 Å². The van der Waals surface area contributed by atoms with Crippen molar-refractivity contribution in [3.8, 4) is 0 Å². The van der Waals surface area contributed by atoms with Gasteiger partial charge in [-0.15, -0.1) is 0 Å². The Hall–Kier alpha value is -2.08. The number of amides is 3. The van der Waals surface area contributed by atoms with Crippen molar-refractivity contribution in [2.24, 2.45) is 5.92 Å². The van der Waals surface area contributed by atoms with Gasteiger partial charge in [-0.3, -0.25) is 14.4 Å². The molecule has 27 heavy (non-hydrogen) atoms. The van der Waals surface area contributed by atoms with Crippen LogP contribution in [0.1, 0.15) is 43.0 Å². The van der Waals surface area contributed by atoms with Crippen LogP contribution in [-0.2, 0) is 9.59 Å². The standard InChI is InChI=1S/C20H28ClN3O3/c1-3-4-11-23(2)20(27)15-9-12-24(13-10-15)18(25)14-22-19(26)16-7-5-6-8-17(16)21/h5-8,15H,3-4,9-14H2,1-2H3,(H,22,26). The van der Waals surface area contributed by atoms with Gasteiger partial charge >= 0.3 is 0 Å². The molecule has 0 aromatic heterocycles. The van der Waals surface area contributed by atoms with Gasteiger partial charge in [-0.2, -0.15) is 0 Å². The molecule has 0 unspecified atom stereocenters. The van der Waals surface area contributed by atoms with E-state index < -0.39 is 0 Å². The van der Waals surface area contributed by atoms with Crippen LogP contribution < -0.4 is 5.32 Å². The van der Waals surface area contributed by atoms with Crippen molar-refractivity contribution >= 4 is 29.3 Å². The highest BCUT2D eigenvalue weighted by atomic mass is 35.5. The number of nitrogens with zero attached hydrogens (tertiary/aromatic N) is 2. The molecular formula is C20H28ClN3O3. The normalized spacial score (nSPS) is 14.7. The van der Waals surface area contributed by atoms with Crippen molar-refractivity contribution < 1.29 is 14.4 Å². The monoisotopic (exact) mass is 393 g/mol. The Morgan fingerprint density at radius 1 is 1.22 bits per heavy atom. The van der Waals surface area contributed by atoms with E-state index in [1.165, 1.54) is 0 Å². The van der Waals surface area contributed by atoms with Crippen molar-refractivity contribution in [1.29, 1.82) is 0 Å². The van der Waals surface area contributed by atoms with Crippen LogP contribution in [0.5, 0.6) is 0 Å². The van der Waals surface area contributed by atoms with Crippen LogP contribution in [0.4, 0.5) is 0 Å². The zero-order valence-corrected chi connectivity index (χ0v) is 16.8. The van der Waals surface area contributed by atoms with Crippen molar-refractivity contribution in [3.63, 3.8) is 0 Å². The third kappa shape index (κ3) is 5.96. The molecule has 148 valence electrons. The van der Waals surface area contributed by atoms with Gasteiger partial charge in [0.05, 0.1) is 17.1 Å². The highest BCUT2D eigenvalue weighted by Gasteiger charge is 2.29. The van der Waals surface area contributed by atoms with Crippen LogP contribution in [0.3, 0.4) is 0 Å². The van der Waals surface area contributed by atoms with Gasteiger partial charge in [0.25, 0.3) is 5.91 Å². The molecule has 6 nitrogen and oxygen atoms in total. The summed E-state index contributed by atoms with van der Waals surface area (Å²) in [5.74, 6) is -0.353. The summed E-state index contributed by atoms with van der Waals surface area (Å²) >= 11 is 5.99. The van der Waals surface area contributed by atoms with Gasteiger partial charge in [0.2, 0.25) is 11.8 Å². The number of likely N-dealkylation sites (tertiary alicyclic amines) is 1. The second-order valence-electron chi connectivity index (χ2n) is 6.93. The topological polar surface area (TPSA) is 69.7 Å². The molecule has 1 aromatic rings. The lowest BCUT2D eigenvalue weighted by molar-refractivity contribution is -0.139. The SMILES string of the molecule is CCCCN(C)C(=O)C1CCN(C(=O)CNC(=O)c2ccccc2Cl)CC1.